The summed E-state index contributed by atoms with van der Waals surface area (Å²) in [4.78, 5) is 20.3. The lowest BCUT2D eigenvalue weighted by atomic mass is 9.89. The Bertz CT molecular complexity index is 1330. The molecule has 0 saturated carbocycles. The maximum atomic E-state index is 13.1. The smallest absolute Gasteiger partial charge is 0.369 e. The highest BCUT2D eigenvalue weighted by atomic mass is 32.2. The summed E-state index contributed by atoms with van der Waals surface area (Å²) in [5.41, 5.74) is -6.77. The Balaban J connectivity index is 0.000000653. The van der Waals surface area contributed by atoms with Gasteiger partial charge >= 0.3 is 12.4 Å². The minimum Gasteiger partial charge on any atom is -0.369 e. The van der Waals surface area contributed by atoms with Crippen LogP contribution < -0.4 is 14.9 Å². The fourth-order valence-electron chi connectivity index (χ4n) is 3.55. The third-order valence-corrected chi connectivity index (χ3v) is 7.40. The van der Waals surface area contributed by atoms with Gasteiger partial charge in [0.05, 0.1) is 17.1 Å². The van der Waals surface area contributed by atoms with Crippen LogP contribution in [0.3, 0.4) is 0 Å². The number of sulfonamides is 1. The van der Waals surface area contributed by atoms with Crippen molar-refractivity contribution in [2.45, 2.75) is 42.6 Å². The fraction of sp³-hybridized carbons (Fsp3) is 0.360. The summed E-state index contributed by atoms with van der Waals surface area (Å²) in [6.45, 7) is 1.35. The number of nitrogens with one attached hydrogen (secondary N) is 2. The molecule has 0 spiro atoms. The first-order chi connectivity index (χ1) is 18.9. The van der Waals surface area contributed by atoms with Crippen LogP contribution in [0.15, 0.2) is 47.4 Å². The van der Waals surface area contributed by atoms with Crippen LogP contribution in [0.5, 0.6) is 0 Å². The molecule has 0 aromatic heterocycles. The zero-order valence-corrected chi connectivity index (χ0v) is 22.4. The number of carbonyl (C=O) groups excluding carboxylic acids is 2. The van der Waals surface area contributed by atoms with E-state index in [4.69, 9.17) is 0 Å². The molecule has 2 amide bonds. The Morgan fingerprint density at radius 3 is 2.00 bits per heavy atom. The van der Waals surface area contributed by atoms with Crippen LogP contribution in [0.2, 0.25) is 0 Å². The Hall–Kier alpha value is -3.84. The maximum Gasteiger partial charge on any atom is 0.430 e. The Labute approximate surface area is 231 Å². The molecule has 2 aromatic carbocycles. The topological polar surface area (TPSA) is 116 Å². The van der Waals surface area contributed by atoms with Gasteiger partial charge in [-0.15, -0.1) is 12.8 Å². The van der Waals surface area contributed by atoms with Gasteiger partial charge in [-0.1, -0.05) is 12.1 Å². The van der Waals surface area contributed by atoms with Gasteiger partial charge in [0.15, 0.2) is 0 Å². The normalized spacial score (nSPS) is 13.4. The molecule has 8 nitrogen and oxygen atoms in total. The van der Waals surface area contributed by atoms with Crippen LogP contribution in [-0.4, -0.2) is 57.8 Å². The number of aliphatic hydroxyl groups is 1. The number of likely N-dealkylation sites (N-methyl/N-ethyl adjacent to an activating group) is 1. The molecule has 0 bridgehead atoms. The van der Waals surface area contributed by atoms with Crippen LogP contribution in [0.4, 0.5) is 36.4 Å². The molecular formula is C25H26F7N3O5S. The van der Waals surface area contributed by atoms with Gasteiger partial charge < -0.3 is 15.7 Å². The molecule has 0 fully saturated rings. The van der Waals surface area contributed by atoms with Gasteiger partial charge in [-0.25, -0.2) is 12.8 Å². The number of amides is 2. The lowest BCUT2D eigenvalue weighted by Crippen LogP contribution is -2.54. The van der Waals surface area contributed by atoms with Crippen molar-refractivity contribution in [3.05, 3.63) is 59.4 Å². The largest absolute Gasteiger partial charge is 0.430 e. The lowest BCUT2D eigenvalue weighted by molar-refractivity contribution is -0.376. The van der Waals surface area contributed by atoms with E-state index in [1.54, 1.807) is 0 Å². The van der Waals surface area contributed by atoms with E-state index in [1.807, 2.05) is 0 Å². The van der Waals surface area contributed by atoms with Gasteiger partial charge in [0.25, 0.3) is 15.6 Å². The molecule has 16 heteroatoms. The average molecular weight is 614 g/mol. The lowest BCUT2D eigenvalue weighted by Gasteiger charge is -2.35. The second-order valence-electron chi connectivity index (χ2n) is 8.27. The molecule has 226 valence electrons. The number of rotatable bonds is 5. The third-order valence-electron chi connectivity index (χ3n) is 5.57. The highest BCUT2D eigenvalue weighted by Gasteiger charge is 2.71. The second kappa shape index (κ2) is 13.7. The number of hydrogen-bond donors (Lipinski definition) is 3. The number of fused-ring (bicyclic) bond motifs is 1. The zero-order chi connectivity index (χ0) is 31.8. The molecule has 0 atom stereocenters. The summed E-state index contributed by atoms with van der Waals surface area (Å²) in [6.07, 6.45) is -3.97. The minimum absolute atomic E-state index is 0.00437. The van der Waals surface area contributed by atoms with Crippen LogP contribution in [0.25, 0.3) is 0 Å². The van der Waals surface area contributed by atoms with E-state index in [2.05, 4.69) is 23.5 Å². The van der Waals surface area contributed by atoms with E-state index in [-0.39, 0.29) is 53.9 Å². The van der Waals surface area contributed by atoms with Crippen molar-refractivity contribution in [2.24, 2.45) is 0 Å². The van der Waals surface area contributed by atoms with Gasteiger partial charge in [0.2, 0.25) is 11.8 Å². The molecule has 0 radical (unpaired) electrons. The summed E-state index contributed by atoms with van der Waals surface area (Å²) in [7, 11) is -2.72. The molecule has 1 aliphatic heterocycles. The minimum atomic E-state index is -6.05. The molecule has 1 heterocycles. The first kappa shape index (κ1) is 35.2. The van der Waals surface area contributed by atoms with Crippen molar-refractivity contribution < 1.29 is 53.8 Å². The fourth-order valence-corrected chi connectivity index (χ4v) is 5.09. The summed E-state index contributed by atoms with van der Waals surface area (Å²) in [5.74, 6) is -1.07. The number of benzene rings is 2. The first-order valence-electron chi connectivity index (χ1n) is 11.4. The highest BCUT2D eigenvalue weighted by molar-refractivity contribution is 7.92. The van der Waals surface area contributed by atoms with Crippen molar-refractivity contribution >= 4 is 27.5 Å². The molecule has 3 rings (SSSR count). The van der Waals surface area contributed by atoms with Gasteiger partial charge in [-0.2, -0.15) is 26.3 Å². The quantitative estimate of drug-likeness (QED) is 0.353. The van der Waals surface area contributed by atoms with Crippen molar-refractivity contribution in [2.75, 3.05) is 24.4 Å². The van der Waals surface area contributed by atoms with Gasteiger partial charge in [-0.05, 0) is 48.7 Å². The molecule has 3 N–H and O–H groups in total. The van der Waals surface area contributed by atoms with Crippen LogP contribution >= 0.6 is 0 Å². The predicted molar refractivity (Wildman–Crippen MR) is 134 cm³/mol. The van der Waals surface area contributed by atoms with Crippen LogP contribution in [0, 0.1) is 18.7 Å². The standard InChI is InChI=1S/C18H14F7NO3S.C5H10N2O2.C2H2/c19-13-4-6-14(7-5-13)30(28,29)26-9-1-2-11-10-12(3-8-15(11)26)16(27,17(20,21)22)18(23,24)25;1-4(8)7-3-5(9)6-2;1-2/h3-8,10,27H,1-2,9H2;3H2,1-2H3,(H,6,9)(H,7,8);1-2H. The summed E-state index contributed by atoms with van der Waals surface area (Å²) < 4.78 is 118. The van der Waals surface area contributed by atoms with Crippen LogP contribution in [0.1, 0.15) is 24.5 Å². The molecule has 0 saturated heterocycles. The van der Waals surface area contributed by atoms with E-state index < -0.39 is 39.4 Å². The monoisotopic (exact) mass is 613 g/mol. The van der Waals surface area contributed by atoms with E-state index in [1.165, 1.54) is 14.0 Å². The number of carbonyl (C=O) groups is 2. The van der Waals surface area contributed by atoms with Gasteiger partial charge in [-0.3, -0.25) is 13.9 Å². The number of halogens is 7. The third kappa shape index (κ3) is 8.10. The number of terminal acetylenes is 1. The highest BCUT2D eigenvalue weighted by Crippen LogP contribution is 2.51. The maximum absolute atomic E-state index is 13.1. The Kier molecular flexibility index (Phi) is 11.7. The number of alkyl halides is 6. The molecular weight excluding hydrogens is 587 g/mol. The molecule has 2 aromatic rings. The van der Waals surface area contributed by atoms with E-state index >= 15 is 0 Å². The summed E-state index contributed by atoms with van der Waals surface area (Å²) in [5, 5.41) is 14.3. The average Bonchev–Trinajstić information content (AvgIpc) is 2.91. The number of aryl methyl sites for hydroxylation is 1. The zero-order valence-electron chi connectivity index (χ0n) is 21.6. The van der Waals surface area contributed by atoms with Crippen molar-refractivity contribution in [3.63, 3.8) is 0 Å². The SMILES string of the molecule is C#C.CNC(=O)CNC(C)=O.O=S(=O)(c1ccc(F)cc1)N1CCCc2cc(C(O)(C(F)(F)F)C(F)(F)F)ccc21. The van der Waals surface area contributed by atoms with Gasteiger partial charge in [0, 0.05) is 26.1 Å². The summed E-state index contributed by atoms with van der Waals surface area (Å²) in [6, 6.07) is 5.54. The van der Waals surface area contributed by atoms with E-state index in [0.29, 0.717) is 12.1 Å². The molecule has 1 aliphatic rings. The van der Waals surface area contributed by atoms with Crippen molar-refractivity contribution in [1.82, 2.24) is 10.6 Å². The number of anilines is 1. The Morgan fingerprint density at radius 2 is 1.54 bits per heavy atom. The number of nitrogens with zero attached hydrogens (tertiary/aromatic N) is 1. The molecule has 41 heavy (non-hydrogen) atoms. The van der Waals surface area contributed by atoms with Crippen molar-refractivity contribution in [1.29, 1.82) is 0 Å². The van der Waals surface area contributed by atoms with E-state index in [9.17, 15) is 53.8 Å². The number of hydrogen-bond acceptors (Lipinski definition) is 5. The predicted octanol–water partition coefficient (Wildman–Crippen LogP) is 3.40. The van der Waals surface area contributed by atoms with Gasteiger partial charge in [0.1, 0.15) is 5.82 Å². The molecule has 0 unspecified atom stereocenters. The summed E-state index contributed by atoms with van der Waals surface area (Å²) >= 11 is 0. The Morgan fingerprint density at radius 1 is 1.00 bits per heavy atom. The van der Waals surface area contributed by atoms with Crippen molar-refractivity contribution in [3.8, 4) is 12.8 Å². The van der Waals surface area contributed by atoms with E-state index in [0.717, 1.165) is 34.6 Å². The molecule has 0 aliphatic carbocycles. The van der Waals surface area contributed by atoms with Crippen LogP contribution in [-0.2, 0) is 31.6 Å². The first-order valence-corrected chi connectivity index (χ1v) is 12.9. The second-order valence-corrected chi connectivity index (χ2v) is 10.1.